The van der Waals surface area contributed by atoms with Crippen molar-refractivity contribution in [3.8, 4) is 0 Å². The minimum absolute atomic E-state index is 0.586. The number of benzene rings is 2. The molecule has 0 aliphatic heterocycles. The highest BCUT2D eigenvalue weighted by Gasteiger charge is 2.16. The average Bonchev–Trinajstić information content (AvgIpc) is 3.37. The number of allylic oxidation sites excluding steroid dienone is 3. The minimum atomic E-state index is 0.586. The van der Waals surface area contributed by atoms with E-state index in [1.54, 1.807) is 5.56 Å². The van der Waals surface area contributed by atoms with Gasteiger partial charge in [0.25, 0.3) is 0 Å². The lowest BCUT2D eigenvalue weighted by molar-refractivity contribution is 0.592. The standard InChI is InChI=1S/C26H36N2.C19H28/c1-7-11-22-17-23(14-15-24(22)19(4)9-3)25(18-27-16-8-2)21(6)26-13-10-12-20(5)28-26;1-15(2)16(3)14-17-10-12-19(13-11-17)18-8-6-4-5-7-9-18/h10,12-15,17-19,27H,6-9,11,16H2,1-5H3;10-13,16,18H,1,4-9,14H2,2-3H3/b25-18+;. The monoisotopic (exact) mass is 633 g/mol. The zero-order valence-electron chi connectivity index (χ0n) is 30.9. The van der Waals surface area contributed by atoms with Gasteiger partial charge in [0, 0.05) is 29.6 Å². The Hall–Kier alpha value is -3.39. The Kier molecular flexibility index (Phi) is 16.3. The van der Waals surface area contributed by atoms with Gasteiger partial charge in [0.2, 0.25) is 0 Å². The maximum atomic E-state index is 4.70. The maximum absolute atomic E-state index is 4.70. The van der Waals surface area contributed by atoms with Crippen LogP contribution in [0, 0.1) is 12.8 Å². The van der Waals surface area contributed by atoms with E-state index in [0.717, 1.165) is 67.1 Å². The molecule has 2 atom stereocenters. The van der Waals surface area contributed by atoms with Crippen molar-refractivity contribution >= 4 is 11.1 Å². The molecule has 1 aliphatic carbocycles. The van der Waals surface area contributed by atoms with Crippen molar-refractivity contribution in [2.24, 2.45) is 5.92 Å². The van der Waals surface area contributed by atoms with Crippen molar-refractivity contribution < 1.29 is 0 Å². The highest BCUT2D eigenvalue weighted by molar-refractivity contribution is 6.03. The van der Waals surface area contributed by atoms with E-state index in [4.69, 9.17) is 4.98 Å². The lowest BCUT2D eigenvalue weighted by Crippen LogP contribution is -2.08. The first-order valence-electron chi connectivity index (χ1n) is 18.6. The molecule has 3 aromatic rings. The summed E-state index contributed by atoms with van der Waals surface area (Å²) in [4.78, 5) is 4.70. The van der Waals surface area contributed by atoms with Gasteiger partial charge < -0.3 is 5.32 Å². The summed E-state index contributed by atoms with van der Waals surface area (Å²) >= 11 is 0. The second-order valence-electron chi connectivity index (χ2n) is 14.0. The fraction of sp³-hybridized carbons (Fsp3) is 0.489. The summed E-state index contributed by atoms with van der Waals surface area (Å²) in [6.45, 7) is 24.8. The number of nitrogens with zero attached hydrogens (tertiary/aromatic N) is 1. The predicted molar refractivity (Wildman–Crippen MR) is 208 cm³/mol. The molecule has 0 saturated heterocycles. The summed E-state index contributed by atoms with van der Waals surface area (Å²) in [5.41, 5.74) is 12.5. The molecule has 1 aliphatic rings. The summed E-state index contributed by atoms with van der Waals surface area (Å²) in [5.74, 6) is 1.99. The second kappa shape index (κ2) is 20.1. The molecular weight excluding hydrogens is 569 g/mol. The summed E-state index contributed by atoms with van der Waals surface area (Å²) in [5, 5.41) is 3.45. The van der Waals surface area contributed by atoms with E-state index in [2.05, 4.69) is 115 Å². The Labute approximate surface area is 288 Å². The maximum Gasteiger partial charge on any atom is 0.0705 e. The number of aromatic nitrogens is 1. The molecule has 254 valence electrons. The third-order valence-corrected chi connectivity index (χ3v) is 9.97. The Morgan fingerprint density at radius 2 is 1.62 bits per heavy atom. The van der Waals surface area contributed by atoms with Crippen molar-refractivity contribution in [2.45, 2.75) is 131 Å². The summed E-state index contributed by atoms with van der Waals surface area (Å²) in [7, 11) is 0. The molecule has 0 bridgehead atoms. The number of nitrogens with one attached hydrogen (secondary N) is 1. The molecule has 2 heteroatoms. The van der Waals surface area contributed by atoms with Gasteiger partial charge in [-0.25, -0.2) is 0 Å². The van der Waals surface area contributed by atoms with Gasteiger partial charge in [-0.15, -0.1) is 0 Å². The molecule has 1 saturated carbocycles. The van der Waals surface area contributed by atoms with Gasteiger partial charge in [-0.05, 0) is 110 Å². The lowest BCUT2D eigenvalue weighted by Gasteiger charge is -2.19. The van der Waals surface area contributed by atoms with Crippen LogP contribution < -0.4 is 5.32 Å². The first-order chi connectivity index (χ1) is 22.7. The van der Waals surface area contributed by atoms with Crippen LogP contribution in [0.5, 0.6) is 0 Å². The Morgan fingerprint density at radius 1 is 0.915 bits per heavy atom. The van der Waals surface area contributed by atoms with Crippen LogP contribution in [0.15, 0.2) is 85.6 Å². The second-order valence-corrected chi connectivity index (χ2v) is 14.0. The van der Waals surface area contributed by atoms with Crippen molar-refractivity contribution in [1.82, 2.24) is 10.3 Å². The van der Waals surface area contributed by atoms with Crippen LogP contribution in [-0.4, -0.2) is 11.5 Å². The van der Waals surface area contributed by atoms with E-state index in [1.165, 1.54) is 66.4 Å². The van der Waals surface area contributed by atoms with Crippen LogP contribution in [0.3, 0.4) is 0 Å². The molecule has 0 radical (unpaired) electrons. The van der Waals surface area contributed by atoms with Gasteiger partial charge in [0.15, 0.2) is 0 Å². The van der Waals surface area contributed by atoms with Crippen molar-refractivity contribution in [2.75, 3.05) is 6.54 Å². The van der Waals surface area contributed by atoms with Crippen molar-refractivity contribution in [1.29, 1.82) is 0 Å². The number of rotatable bonds is 14. The van der Waals surface area contributed by atoms with E-state index >= 15 is 0 Å². The van der Waals surface area contributed by atoms with E-state index in [9.17, 15) is 0 Å². The molecule has 4 rings (SSSR count). The smallest absolute Gasteiger partial charge is 0.0705 e. The van der Waals surface area contributed by atoms with Crippen LogP contribution in [0.1, 0.15) is 150 Å². The Bertz CT molecular complexity index is 1420. The van der Waals surface area contributed by atoms with Crippen LogP contribution in [-0.2, 0) is 12.8 Å². The normalized spacial score (nSPS) is 15.2. The van der Waals surface area contributed by atoms with Crippen LogP contribution in [0.2, 0.25) is 0 Å². The Balaban J connectivity index is 0.000000274. The summed E-state index contributed by atoms with van der Waals surface area (Å²) < 4.78 is 0. The Morgan fingerprint density at radius 3 is 2.21 bits per heavy atom. The van der Waals surface area contributed by atoms with Gasteiger partial charge in [-0.1, -0.05) is 134 Å². The van der Waals surface area contributed by atoms with Crippen molar-refractivity contribution in [3.63, 3.8) is 0 Å². The molecule has 1 heterocycles. The van der Waals surface area contributed by atoms with Gasteiger partial charge in [-0.2, -0.15) is 0 Å². The quantitative estimate of drug-likeness (QED) is 0.0828. The number of hydrogen-bond acceptors (Lipinski definition) is 2. The highest BCUT2D eigenvalue weighted by atomic mass is 14.8. The molecule has 47 heavy (non-hydrogen) atoms. The van der Waals surface area contributed by atoms with Crippen molar-refractivity contribution in [3.05, 3.63) is 125 Å². The number of aryl methyl sites for hydroxylation is 2. The zero-order chi connectivity index (χ0) is 34.2. The van der Waals surface area contributed by atoms with Gasteiger partial charge in [-0.3, -0.25) is 4.98 Å². The topological polar surface area (TPSA) is 24.9 Å². The van der Waals surface area contributed by atoms with E-state index in [0.29, 0.717) is 11.8 Å². The minimum Gasteiger partial charge on any atom is -0.390 e. The van der Waals surface area contributed by atoms with E-state index in [-0.39, 0.29) is 0 Å². The molecule has 0 amide bonds. The van der Waals surface area contributed by atoms with Crippen LogP contribution >= 0.6 is 0 Å². The van der Waals surface area contributed by atoms with Crippen LogP contribution in [0.25, 0.3) is 11.1 Å². The first kappa shape index (κ1) is 38.1. The molecule has 2 aromatic carbocycles. The molecule has 1 N–H and O–H groups in total. The summed E-state index contributed by atoms with van der Waals surface area (Å²) in [6, 6.07) is 22.5. The molecule has 2 nitrogen and oxygen atoms in total. The molecule has 0 spiro atoms. The van der Waals surface area contributed by atoms with Gasteiger partial charge >= 0.3 is 0 Å². The average molecular weight is 633 g/mol. The third-order valence-electron chi connectivity index (χ3n) is 9.97. The largest absolute Gasteiger partial charge is 0.390 e. The SMILES string of the molecule is C=C(/C(=C\NCCC)c1ccc(C(C)CC)c(CCC)c1)c1cccc(C)n1.C=C(C)C(C)Cc1ccc(C2CCCCCC2)cc1. The van der Waals surface area contributed by atoms with Gasteiger partial charge in [0.1, 0.15) is 0 Å². The molecule has 1 aromatic heterocycles. The number of pyridine rings is 1. The zero-order valence-corrected chi connectivity index (χ0v) is 30.9. The van der Waals surface area contributed by atoms with E-state index < -0.39 is 0 Å². The van der Waals surface area contributed by atoms with Gasteiger partial charge in [0.05, 0.1) is 5.69 Å². The third kappa shape index (κ3) is 12.0. The van der Waals surface area contributed by atoms with Crippen LogP contribution in [0.4, 0.5) is 0 Å². The predicted octanol–water partition coefficient (Wildman–Crippen LogP) is 12.8. The molecule has 1 fully saturated rings. The summed E-state index contributed by atoms with van der Waals surface area (Å²) in [6.07, 6.45) is 16.2. The molecular formula is C45H64N2. The van der Waals surface area contributed by atoms with E-state index in [1.807, 2.05) is 19.1 Å². The fourth-order valence-corrected chi connectivity index (χ4v) is 6.54. The highest BCUT2D eigenvalue weighted by Crippen LogP contribution is 2.33. The lowest BCUT2D eigenvalue weighted by atomic mass is 9.87. The molecule has 2 unspecified atom stereocenters. The fourth-order valence-electron chi connectivity index (χ4n) is 6.54. The first-order valence-corrected chi connectivity index (χ1v) is 18.6. The number of hydrogen-bond donors (Lipinski definition) is 1.